The van der Waals surface area contributed by atoms with Gasteiger partial charge in [-0.25, -0.2) is 0 Å². The number of nitrogens with one attached hydrogen (secondary N) is 1. The molecule has 13 heavy (non-hydrogen) atoms. The molecule has 1 aromatic carbocycles. The first-order chi connectivity index (χ1) is 6.25. The lowest BCUT2D eigenvalue weighted by Gasteiger charge is -2.14. The van der Waals surface area contributed by atoms with Crippen molar-refractivity contribution in [1.29, 1.82) is 0 Å². The van der Waals surface area contributed by atoms with E-state index in [1.165, 1.54) is 24.0 Å². The van der Waals surface area contributed by atoms with Gasteiger partial charge in [-0.1, -0.05) is 38.1 Å². The predicted octanol–water partition coefficient (Wildman–Crippen LogP) is 2.15. The van der Waals surface area contributed by atoms with E-state index in [0.717, 1.165) is 0 Å². The molecule has 0 saturated carbocycles. The van der Waals surface area contributed by atoms with Gasteiger partial charge in [0, 0.05) is 12.1 Å². The molecule has 0 aromatic heterocycles. The van der Waals surface area contributed by atoms with Crippen molar-refractivity contribution in [2.24, 2.45) is 0 Å². The fraction of sp³-hybridized carbons (Fsp3) is 0.500. The van der Waals surface area contributed by atoms with Gasteiger partial charge in [-0.05, 0) is 24.0 Å². The molecule has 1 heteroatoms. The van der Waals surface area contributed by atoms with Crippen LogP contribution in [0.1, 0.15) is 25.0 Å². The molecule has 1 aliphatic carbocycles. The molecule has 2 rings (SSSR count). The second-order valence-electron chi connectivity index (χ2n) is 4.20. The van der Waals surface area contributed by atoms with Gasteiger partial charge < -0.3 is 5.32 Å². The second-order valence-corrected chi connectivity index (χ2v) is 4.20. The predicted molar refractivity (Wildman–Crippen MR) is 55.9 cm³/mol. The number of fused-ring (bicyclic) bond motifs is 1. The summed E-state index contributed by atoms with van der Waals surface area (Å²) < 4.78 is 0. The molecule has 0 unspecified atom stereocenters. The summed E-state index contributed by atoms with van der Waals surface area (Å²) in [5, 5.41) is 3.59. The van der Waals surface area contributed by atoms with Crippen LogP contribution < -0.4 is 5.32 Å². The molecule has 0 aliphatic heterocycles. The highest BCUT2D eigenvalue weighted by molar-refractivity contribution is 5.33. The molecule has 0 bridgehead atoms. The first kappa shape index (κ1) is 8.76. The minimum absolute atomic E-state index is 0.597. The Morgan fingerprint density at radius 3 is 2.15 bits per heavy atom. The molecule has 0 heterocycles. The first-order valence-corrected chi connectivity index (χ1v) is 5.08. The number of rotatable bonds is 2. The summed E-state index contributed by atoms with van der Waals surface area (Å²) in [6.45, 7) is 4.42. The molecule has 70 valence electrons. The molecule has 0 fully saturated rings. The topological polar surface area (TPSA) is 12.0 Å². The van der Waals surface area contributed by atoms with Crippen LogP contribution in [0.3, 0.4) is 0 Å². The van der Waals surface area contributed by atoms with Gasteiger partial charge in [0.2, 0.25) is 0 Å². The monoisotopic (exact) mass is 175 g/mol. The van der Waals surface area contributed by atoms with E-state index in [0.29, 0.717) is 12.1 Å². The van der Waals surface area contributed by atoms with Crippen LogP contribution >= 0.6 is 0 Å². The fourth-order valence-electron chi connectivity index (χ4n) is 2.15. The van der Waals surface area contributed by atoms with Gasteiger partial charge in [-0.2, -0.15) is 0 Å². The van der Waals surface area contributed by atoms with E-state index >= 15 is 0 Å². The van der Waals surface area contributed by atoms with Crippen molar-refractivity contribution in [3.05, 3.63) is 35.4 Å². The molecule has 0 radical (unpaired) electrons. The van der Waals surface area contributed by atoms with Gasteiger partial charge in [0.15, 0.2) is 0 Å². The van der Waals surface area contributed by atoms with Crippen LogP contribution in [-0.4, -0.2) is 12.1 Å². The Kier molecular flexibility index (Phi) is 2.36. The lowest BCUT2D eigenvalue weighted by Crippen LogP contribution is -2.35. The van der Waals surface area contributed by atoms with E-state index in [1.54, 1.807) is 0 Å². The molecule has 1 nitrogen and oxygen atoms in total. The lowest BCUT2D eigenvalue weighted by molar-refractivity contribution is 0.478. The first-order valence-electron chi connectivity index (χ1n) is 5.08. The normalized spacial score (nSPS) is 16.5. The van der Waals surface area contributed by atoms with Crippen LogP contribution in [0.25, 0.3) is 0 Å². The molecule has 1 N–H and O–H groups in total. The Bertz CT molecular complexity index is 266. The average Bonchev–Trinajstić information content (AvgIpc) is 2.44. The third-order valence-electron chi connectivity index (χ3n) is 2.62. The number of hydrogen-bond donors (Lipinski definition) is 1. The largest absolute Gasteiger partial charge is 0.311 e. The molecule has 0 amide bonds. The minimum atomic E-state index is 0.597. The Morgan fingerprint density at radius 1 is 1.15 bits per heavy atom. The Labute approximate surface area is 80.2 Å². The van der Waals surface area contributed by atoms with Crippen LogP contribution in [0, 0.1) is 0 Å². The van der Waals surface area contributed by atoms with E-state index < -0.39 is 0 Å². The van der Waals surface area contributed by atoms with Crippen molar-refractivity contribution in [1.82, 2.24) is 5.32 Å². The van der Waals surface area contributed by atoms with Crippen molar-refractivity contribution in [2.75, 3.05) is 0 Å². The fourth-order valence-corrected chi connectivity index (χ4v) is 2.15. The maximum atomic E-state index is 3.59. The van der Waals surface area contributed by atoms with Crippen molar-refractivity contribution >= 4 is 0 Å². The third-order valence-corrected chi connectivity index (χ3v) is 2.62. The van der Waals surface area contributed by atoms with E-state index in [9.17, 15) is 0 Å². The van der Waals surface area contributed by atoms with E-state index in [-0.39, 0.29) is 0 Å². The summed E-state index contributed by atoms with van der Waals surface area (Å²) in [5.74, 6) is 0. The molecule has 1 aromatic rings. The Balaban J connectivity index is 2.05. The summed E-state index contributed by atoms with van der Waals surface area (Å²) in [6.07, 6.45) is 2.41. The number of benzene rings is 1. The van der Waals surface area contributed by atoms with Crippen molar-refractivity contribution in [2.45, 2.75) is 38.8 Å². The zero-order valence-corrected chi connectivity index (χ0v) is 8.38. The highest BCUT2D eigenvalue weighted by Gasteiger charge is 2.20. The molecule has 0 spiro atoms. The molecular weight excluding hydrogens is 158 g/mol. The van der Waals surface area contributed by atoms with Crippen LogP contribution in [0.5, 0.6) is 0 Å². The van der Waals surface area contributed by atoms with Crippen LogP contribution in [0.2, 0.25) is 0 Å². The van der Waals surface area contributed by atoms with Crippen LogP contribution in [-0.2, 0) is 12.8 Å². The molecule has 0 atom stereocenters. The zero-order valence-electron chi connectivity index (χ0n) is 8.38. The summed E-state index contributed by atoms with van der Waals surface area (Å²) in [5.41, 5.74) is 3.06. The minimum Gasteiger partial charge on any atom is -0.311 e. The summed E-state index contributed by atoms with van der Waals surface area (Å²) in [6, 6.07) is 10.0. The van der Waals surface area contributed by atoms with Gasteiger partial charge in [-0.15, -0.1) is 0 Å². The van der Waals surface area contributed by atoms with Crippen LogP contribution in [0.4, 0.5) is 0 Å². The average molecular weight is 175 g/mol. The van der Waals surface area contributed by atoms with Crippen LogP contribution in [0.15, 0.2) is 24.3 Å². The summed E-state index contributed by atoms with van der Waals surface area (Å²) in [7, 11) is 0. The highest BCUT2D eigenvalue weighted by Crippen LogP contribution is 2.21. The van der Waals surface area contributed by atoms with Gasteiger partial charge in [-0.3, -0.25) is 0 Å². The Hall–Kier alpha value is -0.820. The Morgan fingerprint density at radius 2 is 1.69 bits per heavy atom. The SMILES string of the molecule is CC(C)NC1Cc2ccccc2C1. The quantitative estimate of drug-likeness (QED) is 0.726. The van der Waals surface area contributed by atoms with Gasteiger partial charge >= 0.3 is 0 Å². The molecule has 0 saturated heterocycles. The molecular formula is C12H17N. The summed E-state index contributed by atoms with van der Waals surface area (Å²) >= 11 is 0. The van der Waals surface area contributed by atoms with E-state index in [1.807, 2.05) is 0 Å². The van der Waals surface area contributed by atoms with E-state index in [2.05, 4.69) is 43.4 Å². The maximum Gasteiger partial charge on any atom is 0.0150 e. The van der Waals surface area contributed by atoms with E-state index in [4.69, 9.17) is 0 Å². The van der Waals surface area contributed by atoms with Gasteiger partial charge in [0.1, 0.15) is 0 Å². The standard InChI is InChI=1S/C12H17N/c1-9(2)13-12-7-10-5-3-4-6-11(10)8-12/h3-6,9,12-13H,7-8H2,1-2H3. The van der Waals surface area contributed by atoms with Crippen molar-refractivity contribution in [3.8, 4) is 0 Å². The van der Waals surface area contributed by atoms with Gasteiger partial charge in [0.25, 0.3) is 0 Å². The molecule has 1 aliphatic rings. The number of hydrogen-bond acceptors (Lipinski definition) is 1. The smallest absolute Gasteiger partial charge is 0.0150 e. The lowest BCUT2D eigenvalue weighted by atomic mass is 10.1. The van der Waals surface area contributed by atoms with Crippen molar-refractivity contribution in [3.63, 3.8) is 0 Å². The highest BCUT2D eigenvalue weighted by atomic mass is 14.9. The zero-order chi connectivity index (χ0) is 9.26. The van der Waals surface area contributed by atoms with Gasteiger partial charge in [0.05, 0.1) is 0 Å². The second kappa shape index (κ2) is 3.51. The summed E-state index contributed by atoms with van der Waals surface area (Å²) in [4.78, 5) is 0. The maximum absolute atomic E-state index is 3.59. The van der Waals surface area contributed by atoms with Crippen molar-refractivity contribution < 1.29 is 0 Å². The third kappa shape index (κ3) is 1.92.